The van der Waals surface area contributed by atoms with Crippen LogP contribution in [0.3, 0.4) is 0 Å². The second-order valence-electron chi connectivity index (χ2n) is 3.44. The van der Waals surface area contributed by atoms with Gasteiger partial charge in [0.05, 0.1) is 11.1 Å². The van der Waals surface area contributed by atoms with Gasteiger partial charge in [0.15, 0.2) is 0 Å². The lowest BCUT2D eigenvalue weighted by atomic mass is 10.0. The molecule has 0 atom stereocenters. The maximum atomic E-state index is 11.1. The molecule has 0 radical (unpaired) electrons. The molecule has 0 unspecified atom stereocenters. The molecule has 0 spiro atoms. The molecule has 1 fully saturated rings. The minimum Gasteiger partial charge on any atom is -0.386 e. The van der Waals surface area contributed by atoms with Crippen molar-refractivity contribution in [2.24, 2.45) is 5.92 Å². The van der Waals surface area contributed by atoms with Gasteiger partial charge in [0.1, 0.15) is 0 Å². The molecule has 1 aliphatic rings. The maximum Gasteiger partial charge on any atom is 0.346 e. The van der Waals surface area contributed by atoms with Crippen molar-refractivity contribution in [1.82, 2.24) is 0 Å². The summed E-state index contributed by atoms with van der Waals surface area (Å²) in [6.45, 7) is 11.1. The van der Waals surface area contributed by atoms with Crippen LogP contribution in [0.15, 0.2) is 36.0 Å². The summed E-state index contributed by atoms with van der Waals surface area (Å²) >= 11 is 0. The minimum absolute atomic E-state index is 0.108. The Morgan fingerprint density at radius 1 is 1.36 bits per heavy atom. The number of esters is 2. The van der Waals surface area contributed by atoms with E-state index in [9.17, 15) is 9.59 Å². The SMILES string of the molecule is C=C1C(=O)OC(=O)/C1=C/C(=C)C(C)C. The number of carbonyl (C=O) groups excluding carboxylic acids is 2. The lowest BCUT2D eigenvalue weighted by Crippen LogP contribution is -1.98. The Bertz CT molecular complexity index is 359. The van der Waals surface area contributed by atoms with E-state index >= 15 is 0 Å². The molecule has 3 heteroatoms. The number of allylic oxidation sites excluding steroid dienone is 2. The molecule has 74 valence electrons. The molecule has 0 N–H and O–H groups in total. The summed E-state index contributed by atoms with van der Waals surface area (Å²) in [7, 11) is 0. The van der Waals surface area contributed by atoms with Crippen molar-refractivity contribution in [3.63, 3.8) is 0 Å². The Morgan fingerprint density at radius 3 is 2.29 bits per heavy atom. The normalized spacial score (nSPS) is 19.4. The maximum absolute atomic E-state index is 11.1. The van der Waals surface area contributed by atoms with Crippen molar-refractivity contribution >= 4 is 11.9 Å². The first-order valence-electron chi connectivity index (χ1n) is 4.29. The lowest BCUT2D eigenvalue weighted by molar-refractivity contribution is -0.149. The Morgan fingerprint density at radius 2 is 1.93 bits per heavy atom. The number of carbonyl (C=O) groups is 2. The summed E-state index contributed by atoms with van der Waals surface area (Å²) in [6.07, 6.45) is 1.56. The van der Waals surface area contributed by atoms with Crippen LogP contribution in [0.4, 0.5) is 0 Å². The molecule has 0 saturated carbocycles. The Kier molecular flexibility index (Phi) is 2.70. The van der Waals surface area contributed by atoms with Gasteiger partial charge in [0.2, 0.25) is 0 Å². The Balaban J connectivity index is 2.98. The van der Waals surface area contributed by atoms with E-state index in [1.165, 1.54) is 0 Å². The van der Waals surface area contributed by atoms with Crippen LogP contribution in [-0.2, 0) is 14.3 Å². The summed E-state index contributed by atoms with van der Waals surface area (Å²) in [6, 6.07) is 0. The van der Waals surface area contributed by atoms with Gasteiger partial charge in [-0.25, -0.2) is 9.59 Å². The van der Waals surface area contributed by atoms with Gasteiger partial charge in [-0.15, -0.1) is 0 Å². The van der Waals surface area contributed by atoms with Crippen LogP contribution in [0.2, 0.25) is 0 Å². The van der Waals surface area contributed by atoms with E-state index < -0.39 is 11.9 Å². The summed E-state index contributed by atoms with van der Waals surface area (Å²) in [5, 5.41) is 0. The molecule has 1 saturated heterocycles. The van der Waals surface area contributed by atoms with Gasteiger partial charge in [0, 0.05) is 0 Å². The zero-order valence-electron chi connectivity index (χ0n) is 8.29. The fraction of sp³-hybridized carbons (Fsp3) is 0.273. The van der Waals surface area contributed by atoms with E-state index in [4.69, 9.17) is 0 Å². The van der Waals surface area contributed by atoms with Crippen LogP contribution in [-0.4, -0.2) is 11.9 Å². The molecule has 0 aromatic carbocycles. The molecule has 0 aromatic rings. The predicted octanol–water partition coefficient (Wildman–Crippen LogP) is 1.76. The van der Waals surface area contributed by atoms with Gasteiger partial charge < -0.3 is 4.74 Å². The number of rotatable bonds is 2. The van der Waals surface area contributed by atoms with Crippen LogP contribution in [0, 0.1) is 5.92 Å². The van der Waals surface area contributed by atoms with E-state index in [1.54, 1.807) is 6.08 Å². The molecule has 0 amide bonds. The van der Waals surface area contributed by atoms with Crippen LogP contribution >= 0.6 is 0 Å². The zero-order valence-corrected chi connectivity index (χ0v) is 8.29. The van der Waals surface area contributed by atoms with Crippen molar-refractivity contribution in [3.8, 4) is 0 Å². The Hall–Kier alpha value is -1.64. The monoisotopic (exact) mass is 192 g/mol. The molecule has 1 aliphatic heterocycles. The summed E-state index contributed by atoms with van der Waals surface area (Å²) in [5.41, 5.74) is 1.10. The van der Waals surface area contributed by atoms with Crippen molar-refractivity contribution < 1.29 is 14.3 Å². The van der Waals surface area contributed by atoms with E-state index in [2.05, 4.69) is 17.9 Å². The average molecular weight is 192 g/mol. The highest BCUT2D eigenvalue weighted by atomic mass is 16.6. The Labute approximate surface area is 82.8 Å². The van der Waals surface area contributed by atoms with Crippen LogP contribution < -0.4 is 0 Å². The van der Waals surface area contributed by atoms with Crippen LogP contribution in [0.25, 0.3) is 0 Å². The van der Waals surface area contributed by atoms with Gasteiger partial charge in [-0.3, -0.25) is 0 Å². The van der Waals surface area contributed by atoms with E-state index in [0.717, 1.165) is 5.57 Å². The van der Waals surface area contributed by atoms with Gasteiger partial charge >= 0.3 is 11.9 Å². The van der Waals surface area contributed by atoms with Gasteiger partial charge in [-0.2, -0.15) is 0 Å². The first-order chi connectivity index (χ1) is 6.43. The van der Waals surface area contributed by atoms with E-state index in [-0.39, 0.29) is 17.1 Å². The third-order valence-electron chi connectivity index (χ3n) is 2.05. The van der Waals surface area contributed by atoms with Gasteiger partial charge in [-0.05, 0) is 12.0 Å². The van der Waals surface area contributed by atoms with Crippen molar-refractivity contribution in [3.05, 3.63) is 36.0 Å². The topological polar surface area (TPSA) is 43.4 Å². The highest BCUT2D eigenvalue weighted by Gasteiger charge is 2.31. The number of hydrogen-bond acceptors (Lipinski definition) is 3. The third-order valence-corrected chi connectivity index (χ3v) is 2.05. The van der Waals surface area contributed by atoms with Gasteiger partial charge in [0.25, 0.3) is 0 Å². The fourth-order valence-electron chi connectivity index (χ4n) is 0.932. The third kappa shape index (κ3) is 1.82. The predicted molar refractivity (Wildman–Crippen MR) is 52.3 cm³/mol. The first-order valence-corrected chi connectivity index (χ1v) is 4.29. The quantitative estimate of drug-likeness (QED) is 0.380. The fourth-order valence-corrected chi connectivity index (χ4v) is 0.932. The molecule has 1 heterocycles. The molecule has 14 heavy (non-hydrogen) atoms. The minimum atomic E-state index is -0.669. The second kappa shape index (κ2) is 3.62. The highest BCUT2D eigenvalue weighted by molar-refractivity contribution is 6.17. The number of hydrogen-bond donors (Lipinski definition) is 0. The summed E-state index contributed by atoms with van der Waals surface area (Å²) in [5.74, 6) is -1.08. The van der Waals surface area contributed by atoms with E-state index in [0.29, 0.717) is 0 Å². The zero-order chi connectivity index (χ0) is 10.9. The van der Waals surface area contributed by atoms with Crippen molar-refractivity contribution in [2.45, 2.75) is 13.8 Å². The van der Waals surface area contributed by atoms with Gasteiger partial charge in [-0.1, -0.05) is 32.6 Å². The van der Waals surface area contributed by atoms with E-state index in [1.807, 2.05) is 13.8 Å². The largest absolute Gasteiger partial charge is 0.386 e. The number of cyclic esters (lactones) is 2. The molecule has 3 nitrogen and oxygen atoms in total. The lowest BCUT2D eigenvalue weighted by Gasteiger charge is -2.03. The molecule has 1 rings (SSSR count). The van der Waals surface area contributed by atoms with Crippen molar-refractivity contribution in [1.29, 1.82) is 0 Å². The van der Waals surface area contributed by atoms with Crippen LogP contribution in [0.5, 0.6) is 0 Å². The molecule has 0 aromatic heterocycles. The second-order valence-corrected chi connectivity index (χ2v) is 3.44. The molecular formula is C11H12O3. The number of ether oxygens (including phenoxy) is 1. The summed E-state index contributed by atoms with van der Waals surface area (Å²) < 4.78 is 4.38. The molecule has 0 aliphatic carbocycles. The molecule has 0 bridgehead atoms. The molecular weight excluding hydrogens is 180 g/mol. The standard InChI is InChI=1S/C11H12O3/c1-6(2)7(3)5-9-8(4)10(12)14-11(9)13/h5-6H,3-4H2,1-2H3/b9-5+. The average Bonchev–Trinajstić information content (AvgIpc) is 2.32. The summed E-state index contributed by atoms with van der Waals surface area (Å²) in [4.78, 5) is 22.1. The van der Waals surface area contributed by atoms with Crippen LogP contribution in [0.1, 0.15) is 13.8 Å². The first kappa shape index (κ1) is 10.4. The smallest absolute Gasteiger partial charge is 0.346 e. The highest BCUT2D eigenvalue weighted by Crippen LogP contribution is 2.23. The van der Waals surface area contributed by atoms with Crippen molar-refractivity contribution in [2.75, 3.05) is 0 Å².